The van der Waals surface area contributed by atoms with E-state index in [2.05, 4.69) is 26.1 Å². The summed E-state index contributed by atoms with van der Waals surface area (Å²) in [6, 6.07) is 7.24. The molecule has 1 aliphatic rings. The molecule has 2 unspecified atom stereocenters. The zero-order valence-electron chi connectivity index (χ0n) is 11.0. The average molecular weight is 235 g/mol. The third kappa shape index (κ3) is 3.21. The lowest BCUT2D eigenvalue weighted by molar-refractivity contribution is 0.177. The van der Waals surface area contributed by atoms with Gasteiger partial charge in [-0.05, 0) is 48.8 Å². The standard InChI is InChI=1S/C15H22FN/c1-11-10-15(2,3)8-7-14(11)17-13-6-4-5-12(16)9-13/h4-6,9,11,14,17H,7-8,10H2,1-3H3. The van der Waals surface area contributed by atoms with Crippen molar-refractivity contribution in [2.75, 3.05) is 5.32 Å². The molecule has 2 heteroatoms. The van der Waals surface area contributed by atoms with Crippen LogP contribution in [-0.4, -0.2) is 6.04 Å². The zero-order chi connectivity index (χ0) is 12.5. The molecule has 1 saturated carbocycles. The first-order valence-electron chi connectivity index (χ1n) is 6.48. The summed E-state index contributed by atoms with van der Waals surface area (Å²) >= 11 is 0. The van der Waals surface area contributed by atoms with Crippen LogP contribution in [-0.2, 0) is 0 Å². The fourth-order valence-corrected chi connectivity index (χ4v) is 2.95. The van der Waals surface area contributed by atoms with Crippen molar-refractivity contribution in [2.24, 2.45) is 11.3 Å². The number of rotatable bonds is 2. The van der Waals surface area contributed by atoms with Crippen molar-refractivity contribution < 1.29 is 4.39 Å². The van der Waals surface area contributed by atoms with E-state index in [9.17, 15) is 4.39 Å². The second kappa shape index (κ2) is 4.67. The molecule has 2 rings (SSSR count). The van der Waals surface area contributed by atoms with Crippen LogP contribution in [0.15, 0.2) is 24.3 Å². The van der Waals surface area contributed by atoms with Crippen LogP contribution in [0.5, 0.6) is 0 Å². The molecule has 0 heterocycles. The number of benzene rings is 1. The predicted octanol–water partition coefficient (Wildman–Crippen LogP) is 4.45. The minimum absolute atomic E-state index is 0.168. The summed E-state index contributed by atoms with van der Waals surface area (Å²) in [6.07, 6.45) is 3.65. The maximum Gasteiger partial charge on any atom is 0.125 e. The first-order valence-corrected chi connectivity index (χ1v) is 6.48. The Balaban J connectivity index is 2.00. The summed E-state index contributed by atoms with van der Waals surface area (Å²) < 4.78 is 13.1. The maximum atomic E-state index is 13.1. The fraction of sp³-hybridized carbons (Fsp3) is 0.600. The van der Waals surface area contributed by atoms with Crippen molar-refractivity contribution >= 4 is 5.69 Å². The molecule has 1 aromatic carbocycles. The van der Waals surface area contributed by atoms with Gasteiger partial charge in [-0.3, -0.25) is 0 Å². The Kier molecular flexibility index (Phi) is 3.41. The van der Waals surface area contributed by atoms with Crippen LogP contribution in [0.3, 0.4) is 0 Å². The van der Waals surface area contributed by atoms with E-state index in [0.717, 1.165) is 5.69 Å². The summed E-state index contributed by atoms with van der Waals surface area (Å²) in [5.41, 5.74) is 1.36. The fourth-order valence-electron chi connectivity index (χ4n) is 2.95. The topological polar surface area (TPSA) is 12.0 Å². The highest BCUT2D eigenvalue weighted by Crippen LogP contribution is 2.39. The third-order valence-electron chi connectivity index (χ3n) is 3.87. The summed E-state index contributed by atoms with van der Waals surface area (Å²) in [4.78, 5) is 0. The SMILES string of the molecule is CC1CC(C)(C)CCC1Nc1cccc(F)c1. The second-order valence-electron chi connectivity index (χ2n) is 6.15. The summed E-state index contributed by atoms with van der Waals surface area (Å²) in [7, 11) is 0. The molecule has 0 aromatic heterocycles. The average Bonchev–Trinajstić information content (AvgIpc) is 2.22. The Morgan fingerprint density at radius 2 is 2.12 bits per heavy atom. The number of anilines is 1. The second-order valence-corrected chi connectivity index (χ2v) is 6.15. The maximum absolute atomic E-state index is 13.1. The van der Waals surface area contributed by atoms with Gasteiger partial charge < -0.3 is 5.32 Å². The van der Waals surface area contributed by atoms with E-state index in [1.165, 1.54) is 25.3 Å². The molecule has 1 aromatic rings. The molecule has 1 N–H and O–H groups in total. The molecule has 1 fully saturated rings. The Morgan fingerprint density at radius 1 is 1.35 bits per heavy atom. The lowest BCUT2D eigenvalue weighted by Gasteiger charge is -2.40. The van der Waals surface area contributed by atoms with Gasteiger partial charge in [-0.1, -0.05) is 26.8 Å². The van der Waals surface area contributed by atoms with Gasteiger partial charge in [0.2, 0.25) is 0 Å². The van der Waals surface area contributed by atoms with Crippen LogP contribution in [0, 0.1) is 17.2 Å². The minimum Gasteiger partial charge on any atom is -0.382 e. The Hall–Kier alpha value is -1.05. The minimum atomic E-state index is -0.168. The monoisotopic (exact) mass is 235 g/mol. The van der Waals surface area contributed by atoms with Gasteiger partial charge in [0.15, 0.2) is 0 Å². The van der Waals surface area contributed by atoms with Gasteiger partial charge in [0.25, 0.3) is 0 Å². The van der Waals surface area contributed by atoms with E-state index < -0.39 is 0 Å². The van der Waals surface area contributed by atoms with Crippen LogP contribution >= 0.6 is 0 Å². The lowest BCUT2D eigenvalue weighted by Crippen LogP contribution is -2.36. The largest absolute Gasteiger partial charge is 0.382 e. The number of hydrogen-bond acceptors (Lipinski definition) is 1. The van der Waals surface area contributed by atoms with Crippen molar-refractivity contribution in [3.63, 3.8) is 0 Å². The van der Waals surface area contributed by atoms with Crippen molar-refractivity contribution in [1.29, 1.82) is 0 Å². The molecular weight excluding hydrogens is 213 g/mol. The quantitative estimate of drug-likeness (QED) is 0.798. The molecular formula is C15H22FN. The van der Waals surface area contributed by atoms with Gasteiger partial charge in [0.1, 0.15) is 5.82 Å². The number of halogens is 1. The highest BCUT2D eigenvalue weighted by molar-refractivity contribution is 5.44. The predicted molar refractivity (Wildman–Crippen MR) is 70.6 cm³/mol. The number of nitrogens with one attached hydrogen (secondary N) is 1. The van der Waals surface area contributed by atoms with E-state index in [0.29, 0.717) is 17.4 Å². The molecule has 17 heavy (non-hydrogen) atoms. The summed E-state index contributed by atoms with van der Waals surface area (Å²) in [6.45, 7) is 6.96. The van der Waals surface area contributed by atoms with E-state index in [1.54, 1.807) is 12.1 Å². The van der Waals surface area contributed by atoms with Crippen molar-refractivity contribution in [3.05, 3.63) is 30.1 Å². The molecule has 0 spiro atoms. The molecule has 0 aliphatic heterocycles. The molecule has 0 radical (unpaired) electrons. The molecule has 1 nitrogen and oxygen atoms in total. The first kappa shape index (κ1) is 12.4. The van der Waals surface area contributed by atoms with Crippen LogP contribution in [0.4, 0.5) is 10.1 Å². The van der Waals surface area contributed by atoms with Crippen LogP contribution in [0.2, 0.25) is 0 Å². The van der Waals surface area contributed by atoms with Gasteiger partial charge in [-0.15, -0.1) is 0 Å². The van der Waals surface area contributed by atoms with E-state index in [-0.39, 0.29) is 5.82 Å². The smallest absolute Gasteiger partial charge is 0.125 e. The lowest BCUT2D eigenvalue weighted by atomic mass is 9.70. The van der Waals surface area contributed by atoms with Gasteiger partial charge in [0.05, 0.1) is 0 Å². The van der Waals surface area contributed by atoms with Gasteiger partial charge in [-0.25, -0.2) is 4.39 Å². The highest BCUT2D eigenvalue weighted by Gasteiger charge is 2.32. The summed E-state index contributed by atoms with van der Waals surface area (Å²) in [5, 5.41) is 3.47. The van der Waals surface area contributed by atoms with Crippen molar-refractivity contribution in [3.8, 4) is 0 Å². The van der Waals surface area contributed by atoms with Crippen molar-refractivity contribution in [2.45, 2.75) is 46.1 Å². The summed E-state index contributed by atoms with van der Waals surface area (Å²) in [5.74, 6) is 0.473. The highest BCUT2D eigenvalue weighted by atomic mass is 19.1. The van der Waals surface area contributed by atoms with Gasteiger partial charge in [0, 0.05) is 11.7 Å². The zero-order valence-corrected chi connectivity index (χ0v) is 11.0. The Bertz CT molecular complexity index is 386. The first-order chi connectivity index (χ1) is 7.96. The molecule has 0 amide bonds. The van der Waals surface area contributed by atoms with E-state index in [4.69, 9.17) is 0 Å². The molecule has 2 atom stereocenters. The van der Waals surface area contributed by atoms with Crippen LogP contribution in [0.1, 0.15) is 40.0 Å². The third-order valence-corrected chi connectivity index (χ3v) is 3.87. The number of hydrogen-bond donors (Lipinski definition) is 1. The molecule has 94 valence electrons. The van der Waals surface area contributed by atoms with Crippen LogP contribution in [0.25, 0.3) is 0 Å². The van der Waals surface area contributed by atoms with E-state index >= 15 is 0 Å². The Labute approximate surface area is 103 Å². The van der Waals surface area contributed by atoms with Crippen molar-refractivity contribution in [1.82, 2.24) is 0 Å². The molecule has 0 saturated heterocycles. The Morgan fingerprint density at radius 3 is 2.76 bits per heavy atom. The molecule has 0 bridgehead atoms. The van der Waals surface area contributed by atoms with Crippen LogP contribution < -0.4 is 5.32 Å². The molecule has 1 aliphatic carbocycles. The van der Waals surface area contributed by atoms with Gasteiger partial charge >= 0.3 is 0 Å². The van der Waals surface area contributed by atoms with E-state index in [1.807, 2.05) is 6.07 Å². The van der Waals surface area contributed by atoms with Gasteiger partial charge in [-0.2, -0.15) is 0 Å². The normalized spacial score (nSPS) is 27.8.